The standard InChI is InChI=1S/C28H30N4O4.ClH/c1-32(2)12-13-36-19-10-11-23-22(14-19)26-27(29-23)20-15-24(34-4)25(35-5)16-21(20)28(26)31-30-17-6-8-18(33-3)9-7-17;/h6-11,14-16,29-30H,12-13H2,1-5H3;1H. The summed E-state index contributed by atoms with van der Waals surface area (Å²) in [5.74, 6) is 2.92. The first kappa shape index (κ1) is 26.2. The predicted molar refractivity (Wildman–Crippen MR) is 150 cm³/mol. The van der Waals surface area contributed by atoms with Gasteiger partial charge in [-0.05, 0) is 68.7 Å². The third-order valence-corrected chi connectivity index (χ3v) is 6.25. The van der Waals surface area contributed by atoms with Crippen LogP contribution >= 0.6 is 12.4 Å². The van der Waals surface area contributed by atoms with Crippen LogP contribution in [0.4, 0.5) is 5.69 Å². The normalized spacial score (nSPS) is 12.8. The molecular formula is C28H31ClN4O4. The van der Waals surface area contributed by atoms with Crippen LogP contribution in [0.1, 0.15) is 11.1 Å². The molecule has 8 nitrogen and oxygen atoms in total. The molecule has 0 saturated carbocycles. The van der Waals surface area contributed by atoms with E-state index in [9.17, 15) is 0 Å². The third kappa shape index (κ3) is 5.03. The fourth-order valence-electron chi connectivity index (χ4n) is 4.37. The number of benzene rings is 3. The zero-order valence-electron chi connectivity index (χ0n) is 21.5. The van der Waals surface area contributed by atoms with Crippen molar-refractivity contribution in [3.63, 3.8) is 0 Å². The largest absolute Gasteiger partial charge is 0.497 e. The lowest BCUT2D eigenvalue weighted by Crippen LogP contribution is -2.19. The summed E-state index contributed by atoms with van der Waals surface area (Å²) < 4.78 is 22.5. The van der Waals surface area contributed by atoms with Gasteiger partial charge >= 0.3 is 0 Å². The van der Waals surface area contributed by atoms with Gasteiger partial charge < -0.3 is 28.8 Å². The molecular weight excluding hydrogens is 492 g/mol. The first-order valence-corrected chi connectivity index (χ1v) is 11.7. The number of nitrogens with zero attached hydrogens (tertiary/aromatic N) is 2. The highest BCUT2D eigenvalue weighted by molar-refractivity contribution is 6.30. The Morgan fingerprint density at radius 1 is 0.838 bits per heavy atom. The molecule has 2 N–H and O–H groups in total. The number of aromatic nitrogens is 1. The van der Waals surface area contributed by atoms with E-state index in [0.717, 1.165) is 62.7 Å². The van der Waals surface area contributed by atoms with Crippen LogP contribution in [0.15, 0.2) is 59.7 Å². The summed E-state index contributed by atoms with van der Waals surface area (Å²) in [5.41, 5.74) is 9.84. The number of likely N-dealkylation sites (N-methyl/N-ethyl adjacent to an activating group) is 1. The number of H-pyrrole nitrogens is 1. The number of hydrogen-bond acceptors (Lipinski definition) is 7. The zero-order valence-corrected chi connectivity index (χ0v) is 22.4. The van der Waals surface area contributed by atoms with Gasteiger partial charge in [0.1, 0.15) is 23.8 Å². The quantitative estimate of drug-likeness (QED) is 0.252. The second-order valence-electron chi connectivity index (χ2n) is 8.79. The van der Waals surface area contributed by atoms with Gasteiger partial charge in [0.05, 0.1) is 32.7 Å². The summed E-state index contributed by atoms with van der Waals surface area (Å²) >= 11 is 0. The Labute approximate surface area is 222 Å². The number of aromatic amines is 1. The SMILES string of the molecule is COc1ccc(NN=C2c3cc(OC)c(OC)cc3-c3[nH]c4ccc(OCCN(C)C)cc4c32)cc1.Cl. The summed E-state index contributed by atoms with van der Waals surface area (Å²) in [6.07, 6.45) is 0. The second-order valence-corrected chi connectivity index (χ2v) is 8.79. The lowest BCUT2D eigenvalue weighted by Gasteiger charge is -2.12. The molecule has 5 rings (SSSR count). The molecule has 0 atom stereocenters. The number of nitrogens with one attached hydrogen (secondary N) is 2. The van der Waals surface area contributed by atoms with E-state index in [4.69, 9.17) is 24.0 Å². The summed E-state index contributed by atoms with van der Waals surface area (Å²) in [4.78, 5) is 5.68. The minimum absolute atomic E-state index is 0. The average molecular weight is 523 g/mol. The molecule has 0 unspecified atom stereocenters. The molecule has 1 aliphatic rings. The van der Waals surface area contributed by atoms with Crippen molar-refractivity contribution in [2.24, 2.45) is 5.10 Å². The van der Waals surface area contributed by atoms with E-state index in [1.54, 1.807) is 21.3 Å². The molecule has 194 valence electrons. The number of fused-ring (bicyclic) bond motifs is 5. The van der Waals surface area contributed by atoms with E-state index in [1.165, 1.54) is 0 Å². The van der Waals surface area contributed by atoms with E-state index in [1.807, 2.05) is 62.6 Å². The number of methoxy groups -OCH3 is 3. The summed E-state index contributed by atoms with van der Waals surface area (Å²) in [5, 5.41) is 5.90. The topological polar surface area (TPSA) is 80.3 Å². The molecule has 1 aliphatic carbocycles. The Bertz CT molecular complexity index is 1430. The van der Waals surface area contributed by atoms with Gasteiger partial charge in [0, 0.05) is 34.1 Å². The van der Waals surface area contributed by atoms with Crippen LogP contribution in [0, 0.1) is 0 Å². The van der Waals surface area contributed by atoms with Crippen molar-refractivity contribution in [2.45, 2.75) is 0 Å². The van der Waals surface area contributed by atoms with Crippen LogP contribution in [0.3, 0.4) is 0 Å². The number of rotatable bonds is 9. The molecule has 0 bridgehead atoms. The number of hydrogen-bond donors (Lipinski definition) is 2. The second kappa shape index (κ2) is 11.0. The fraction of sp³-hybridized carbons (Fsp3) is 0.250. The first-order valence-electron chi connectivity index (χ1n) is 11.7. The van der Waals surface area contributed by atoms with E-state index >= 15 is 0 Å². The minimum Gasteiger partial charge on any atom is -0.497 e. The molecule has 0 aliphatic heterocycles. The van der Waals surface area contributed by atoms with Gasteiger partial charge in [0.15, 0.2) is 11.5 Å². The third-order valence-electron chi connectivity index (χ3n) is 6.25. The van der Waals surface area contributed by atoms with Crippen molar-refractivity contribution in [1.29, 1.82) is 0 Å². The Morgan fingerprint density at radius 2 is 1.51 bits per heavy atom. The molecule has 0 saturated heterocycles. The van der Waals surface area contributed by atoms with Gasteiger partial charge in [-0.25, -0.2) is 0 Å². The van der Waals surface area contributed by atoms with Crippen LogP contribution in [0.5, 0.6) is 23.0 Å². The highest BCUT2D eigenvalue weighted by atomic mass is 35.5. The van der Waals surface area contributed by atoms with Gasteiger partial charge in [0.2, 0.25) is 0 Å². The predicted octanol–water partition coefficient (Wildman–Crippen LogP) is 5.40. The van der Waals surface area contributed by atoms with Crippen molar-refractivity contribution in [2.75, 3.05) is 54.0 Å². The Balaban J connectivity index is 0.00000320. The molecule has 9 heteroatoms. The molecule has 37 heavy (non-hydrogen) atoms. The summed E-state index contributed by atoms with van der Waals surface area (Å²) in [6.45, 7) is 1.45. The van der Waals surface area contributed by atoms with E-state index in [2.05, 4.69) is 21.4 Å². The lowest BCUT2D eigenvalue weighted by molar-refractivity contribution is 0.261. The number of anilines is 1. The summed E-state index contributed by atoms with van der Waals surface area (Å²) in [6, 6.07) is 17.7. The number of halogens is 1. The van der Waals surface area contributed by atoms with E-state index in [0.29, 0.717) is 18.1 Å². The zero-order chi connectivity index (χ0) is 25.2. The summed E-state index contributed by atoms with van der Waals surface area (Å²) in [7, 11) is 8.99. The van der Waals surface area contributed by atoms with Gasteiger partial charge in [-0.3, -0.25) is 5.43 Å². The highest BCUT2D eigenvalue weighted by Crippen LogP contribution is 2.46. The monoisotopic (exact) mass is 522 g/mol. The van der Waals surface area contributed by atoms with Crippen molar-refractivity contribution in [3.8, 4) is 34.3 Å². The average Bonchev–Trinajstić information content (AvgIpc) is 3.40. The molecule has 1 aromatic heterocycles. The maximum absolute atomic E-state index is 6.03. The van der Waals surface area contributed by atoms with E-state index < -0.39 is 0 Å². The van der Waals surface area contributed by atoms with Crippen molar-refractivity contribution in [1.82, 2.24) is 9.88 Å². The highest BCUT2D eigenvalue weighted by Gasteiger charge is 2.31. The van der Waals surface area contributed by atoms with Gasteiger partial charge in [0.25, 0.3) is 0 Å². The van der Waals surface area contributed by atoms with Crippen LogP contribution in [0.2, 0.25) is 0 Å². The van der Waals surface area contributed by atoms with Crippen molar-refractivity contribution < 1.29 is 18.9 Å². The smallest absolute Gasteiger partial charge is 0.161 e. The molecule has 0 amide bonds. The van der Waals surface area contributed by atoms with E-state index in [-0.39, 0.29) is 12.4 Å². The first-order chi connectivity index (χ1) is 17.5. The van der Waals surface area contributed by atoms with Crippen LogP contribution in [0.25, 0.3) is 22.2 Å². The Morgan fingerprint density at radius 3 is 2.16 bits per heavy atom. The lowest BCUT2D eigenvalue weighted by atomic mass is 10.1. The molecule has 1 heterocycles. The van der Waals surface area contributed by atoms with Crippen molar-refractivity contribution >= 4 is 34.7 Å². The molecule has 0 spiro atoms. The number of ether oxygens (including phenoxy) is 4. The molecule has 0 fully saturated rings. The molecule has 4 aromatic rings. The van der Waals surface area contributed by atoms with Crippen LogP contribution in [-0.4, -0.2) is 64.2 Å². The fourth-order valence-corrected chi connectivity index (χ4v) is 4.37. The maximum Gasteiger partial charge on any atom is 0.161 e. The van der Waals surface area contributed by atoms with Crippen molar-refractivity contribution in [3.05, 3.63) is 65.7 Å². The Hall–Kier alpha value is -3.88. The van der Waals surface area contributed by atoms with Crippen LogP contribution in [-0.2, 0) is 0 Å². The van der Waals surface area contributed by atoms with Gasteiger partial charge in [-0.15, -0.1) is 12.4 Å². The maximum atomic E-state index is 6.03. The minimum atomic E-state index is 0. The van der Waals surface area contributed by atoms with Crippen LogP contribution < -0.4 is 24.4 Å². The van der Waals surface area contributed by atoms with Gasteiger partial charge in [-0.2, -0.15) is 5.10 Å². The number of hydrazone groups is 1. The van der Waals surface area contributed by atoms with Gasteiger partial charge in [-0.1, -0.05) is 0 Å². The molecule has 0 radical (unpaired) electrons. The molecule has 3 aromatic carbocycles. The Kier molecular flexibility index (Phi) is 7.80.